The Hall–Kier alpha value is -2.18. The summed E-state index contributed by atoms with van der Waals surface area (Å²) in [6, 6.07) is 2.89. The fraction of sp³-hybridized carbons (Fsp3) is 0.700. The predicted molar refractivity (Wildman–Crippen MR) is 102 cm³/mol. The molecule has 0 aliphatic carbocycles. The Bertz CT molecular complexity index is 773. The fourth-order valence-electron chi connectivity index (χ4n) is 4.21. The molecule has 0 aromatic carbocycles. The van der Waals surface area contributed by atoms with Gasteiger partial charge < -0.3 is 9.80 Å². The molecule has 2 saturated heterocycles. The van der Waals surface area contributed by atoms with E-state index in [1.165, 1.54) is 16.8 Å². The van der Waals surface area contributed by atoms with Crippen LogP contribution < -0.4 is 5.56 Å². The van der Waals surface area contributed by atoms with Crippen LogP contribution >= 0.6 is 0 Å². The molecule has 2 amide bonds. The van der Waals surface area contributed by atoms with Crippen LogP contribution in [0, 0.1) is 11.3 Å². The first kappa shape index (κ1) is 19.6. The third-order valence-electron chi connectivity index (χ3n) is 5.85. The van der Waals surface area contributed by atoms with Crippen molar-refractivity contribution in [3.8, 4) is 0 Å². The molecule has 1 spiro atoms. The van der Waals surface area contributed by atoms with Gasteiger partial charge in [-0.15, -0.1) is 0 Å². The average Bonchev–Trinajstić information content (AvgIpc) is 2.64. The zero-order chi connectivity index (χ0) is 19.6. The van der Waals surface area contributed by atoms with Crippen molar-refractivity contribution in [1.29, 1.82) is 0 Å². The zero-order valence-electron chi connectivity index (χ0n) is 16.6. The standard InChI is InChI=1S/C20H30N4O3/c1-15(2)8-12-23-13-20(10-7-18(23)26)9-4-11-24(14-20)19(27)16-5-6-17(25)22(3)21-16/h5-6,15H,4,7-14H2,1-3H3/t20-/m1/s1. The number of rotatable bonds is 4. The molecule has 1 aromatic rings. The maximum absolute atomic E-state index is 12.9. The minimum atomic E-state index is -0.228. The number of carbonyl (C=O) groups is 2. The SMILES string of the molecule is CC(C)CCN1C[C@@]2(CCCN(C(=O)c3ccc(=O)n(C)n3)C2)CCC1=O. The van der Waals surface area contributed by atoms with E-state index < -0.39 is 0 Å². The summed E-state index contributed by atoms with van der Waals surface area (Å²) in [6.45, 7) is 7.24. The highest BCUT2D eigenvalue weighted by Gasteiger charge is 2.42. The van der Waals surface area contributed by atoms with E-state index in [-0.39, 0.29) is 22.8 Å². The average molecular weight is 374 g/mol. The van der Waals surface area contributed by atoms with Crippen LogP contribution in [0.15, 0.2) is 16.9 Å². The summed E-state index contributed by atoms with van der Waals surface area (Å²) in [4.78, 5) is 40.6. The molecule has 0 saturated carbocycles. The second-order valence-electron chi connectivity index (χ2n) is 8.51. The van der Waals surface area contributed by atoms with E-state index in [1.54, 1.807) is 7.05 Å². The first-order valence-corrected chi connectivity index (χ1v) is 9.91. The Kier molecular flexibility index (Phi) is 5.67. The third kappa shape index (κ3) is 4.39. The minimum absolute atomic E-state index is 0.0144. The molecule has 7 heteroatoms. The van der Waals surface area contributed by atoms with Gasteiger partial charge in [-0.3, -0.25) is 14.4 Å². The maximum atomic E-state index is 12.9. The molecule has 0 N–H and O–H groups in total. The van der Waals surface area contributed by atoms with Crippen LogP contribution in [0.3, 0.4) is 0 Å². The van der Waals surface area contributed by atoms with Gasteiger partial charge in [-0.25, -0.2) is 4.68 Å². The number of likely N-dealkylation sites (tertiary alicyclic amines) is 2. The number of nitrogens with zero attached hydrogens (tertiary/aromatic N) is 4. The number of hydrogen-bond acceptors (Lipinski definition) is 4. The zero-order valence-corrected chi connectivity index (χ0v) is 16.6. The van der Waals surface area contributed by atoms with Crippen LogP contribution in [-0.4, -0.2) is 57.6 Å². The molecule has 3 rings (SSSR count). The van der Waals surface area contributed by atoms with Crippen LogP contribution in [0.4, 0.5) is 0 Å². The molecule has 0 bridgehead atoms. The maximum Gasteiger partial charge on any atom is 0.274 e. The highest BCUT2D eigenvalue weighted by molar-refractivity contribution is 5.92. The fourth-order valence-corrected chi connectivity index (χ4v) is 4.21. The second kappa shape index (κ2) is 7.82. The van der Waals surface area contributed by atoms with Gasteiger partial charge in [-0.1, -0.05) is 13.8 Å². The Morgan fingerprint density at radius 2 is 2.00 bits per heavy atom. The van der Waals surface area contributed by atoms with Gasteiger partial charge in [-0.2, -0.15) is 5.10 Å². The van der Waals surface area contributed by atoms with E-state index in [2.05, 4.69) is 18.9 Å². The number of carbonyl (C=O) groups excluding carboxylic acids is 2. The molecule has 2 fully saturated rings. The number of aromatic nitrogens is 2. The molecule has 148 valence electrons. The number of aryl methyl sites for hydroxylation is 1. The molecule has 27 heavy (non-hydrogen) atoms. The molecule has 0 unspecified atom stereocenters. The molecule has 3 heterocycles. The lowest BCUT2D eigenvalue weighted by Gasteiger charge is -2.48. The van der Waals surface area contributed by atoms with E-state index in [4.69, 9.17) is 0 Å². The summed E-state index contributed by atoms with van der Waals surface area (Å²) in [7, 11) is 1.55. The first-order chi connectivity index (χ1) is 12.8. The molecule has 2 aliphatic rings. The summed E-state index contributed by atoms with van der Waals surface area (Å²) in [6.07, 6.45) is 4.39. The summed E-state index contributed by atoms with van der Waals surface area (Å²) in [5.41, 5.74) is 0.0605. The second-order valence-corrected chi connectivity index (χ2v) is 8.51. The van der Waals surface area contributed by atoms with Crippen LogP contribution in [0.25, 0.3) is 0 Å². The van der Waals surface area contributed by atoms with Crippen molar-refractivity contribution < 1.29 is 9.59 Å². The molecule has 1 atom stereocenters. The smallest absolute Gasteiger partial charge is 0.274 e. The first-order valence-electron chi connectivity index (χ1n) is 9.91. The molecular weight excluding hydrogens is 344 g/mol. The van der Waals surface area contributed by atoms with Gasteiger partial charge in [0, 0.05) is 51.1 Å². The summed E-state index contributed by atoms with van der Waals surface area (Å²) < 4.78 is 1.19. The monoisotopic (exact) mass is 374 g/mol. The highest BCUT2D eigenvalue weighted by atomic mass is 16.2. The molecule has 0 radical (unpaired) electrons. The molecular formula is C20H30N4O3. The predicted octanol–water partition coefficient (Wildman–Crippen LogP) is 1.67. The topological polar surface area (TPSA) is 75.5 Å². The summed E-state index contributed by atoms with van der Waals surface area (Å²) in [5.74, 6) is 0.677. The van der Waals surface area contributed by atoms with Crippen LogP contribution in [-0.2, 0) is 11.8 Å². The van der Waals surface area contributed by atoms with Crippen molar-refractivity contribution in [3.05, 3.63) is 28.2 Å². The van der Waals surface area contributed by atoms with E-state index in [9.17, 15) is 14.4 Å². The quantitative estimate of drug-likeness (QED) is 0.803. The third-order valence-corrected chi connectivity index (χ3v) is 5.85. The number of piperidine rings is 2. The van der Waals surface area contributed by atoms with Crippen molar-refractivity contribution >= 4 is 11.8 Å². The molecule has 1 aromatic heterocycles. The van der Waals surface area contributed by atoms with Gasteiger partial charge in [0.15, 0.2) is 0 Å². The van der Waals surface area contributed by atoms with Crippen LogP contribution in [0.1, 0.15) is 56.4 Å². The Morgan fingerprint density at radius 1 is 1.22 bits per heavy atom. The van der Waals surface area contributed by atoms with Gasteiger partial charge in [0.1, 0.15) is 5.69 Å². The normalized spacial score (nSPS) is 23.3. The van der Waals surface area contributed by atoms with E-state index >= 15 is 0 Å². The summed E-state index contributed by atoms with van der Waals surface area (Å²) in [5, 5.41) is 4.11. The van der Waals surface area contributed by atoms with Gasteiger partial charge >= 0.3 is 0 Å². The van der Waals surface area contributed by atoms with Crippen molar-refractivity contribution in [2.75, 3.05) is 26.2 Å². The number of hydrogen-bond donors (Lipinski definition) is 0. The molecule has 7 nitrogen and oxygen atoms in total. The van der Waals surface area contributed by atoms with Gasteiger partial charge in [-0.05, 0) is 37.7 Å². The van der Waals surface area contributed by atoms with Gasteiger partial charge in [0.2, 0.25) is 5.91 Å². The lowest BCUT2D eigenvalue weighted by molar-refractivity contribution is -0.139. The van der Waals surface area contributed by atoms with Gasteiger partial charge in [0.05, 0.1) is 0 Å². The number of amides is 2. The van der Waals surface area contributed by atoms with Gasteiger partial charge in [0.25, 0.3) is 11.5 Å². The Labute approximate surface area is 160 Å². The lowest BCUT2D eigenvalue weighted by Crippen LogP contribution is -2.55. The Balaban J connectivity index is 1.72. The minimum Gasteiger partial charge on any atom is -0.342 e. The summed E-state index contributed by atoms with van der Waals surface area (Å²) >= 11 is 0. The van der Waals surface area contributed by atoms with E-state index in [0.717, 1.165) is 38.8 Å². The van der Waals surface area contributed by atoms with Crippen molar-refractivity contribution in [1.82, 2.24) is 19.6 Å². The van der Waals surface area contributed by atoms with E-state index in [0.29, 0.717) is 31.1 Å². The van der Waals surface area contributed by atoms with Crippen molar-refractivity contribution in [2.45, 2.75) is 46.0 Å². The highest BCUT2D eigenvalue weighted by Crippen LogP contribution is 2.39. The Morgan fingerprint density at radius 3 is 2.70 bits per heavy atom. The lowest BCUT2D eigenvalue weighted by atomic mass is 9.73. The van der Waals surface area contributed by atoms with Crippen molar-refractivity contribution in [2.24, 2.45) is 18.4 Å². The largest absolute Gasteiger partial charge is 0.342 e. The van der Waals surface area contributed by atoms with Crippen LogP contribution in [0.2, 0.25) is 0 Å². The van der Waals surface area contributed by atoms with E-state index in [1.807, 2.05) is 9.80 Å². The molecule has 2 aliphatic heterocycles. The van der Waals surface area contributed by atoms with Crippen molar-refractivity contribution in [3.63, 3.8) is 0 Å². The van der Waals surface area contributed by atoms with Crippen LogP contribution in [0.5, 0.6) is 0 Å².